The van der Waals surface area contributed by atoms with E-state index in [0.29, 0.717) is 34.7 Å². The van der Waals surface area contributed by atoms with Crippen LogP contribution in [0.15, 0.2) is 42.7 Å². The monoisotopic (exact) mass is 530 g/mol. The molecule has 2 aliphatic rings. The Labute approximate surface area is 229 Å². The lowest BCUT2D eigenvalue weighted by atomic mass is 10.0. The van der Waals surface area contributed by atoms with Gasteiger partial charge in [0.1, 0.15) is 5.75 Å². The Hall–Kier alpha value is -3.13. The molecule has 198 valence electrons. The van der Waals surface area contributed by atoms with E-state index in [9.17, 15) is 0 Å². The predicted octanol–water partition coefficient (Wildman–Crippen LogP) is 6.40. The normalized spacial score (nSPS) is 20.1. The van der Waals surface area contributed by atoms with E-state index in [1.54, 1.807) is 13.3 Å². The minimum Gasteiger partial charge on any atom is -0.496 e. The molecule has 0 radical (unpaired) electrons. The number of ether oxygens (including phenoxy) is 1. The molecule has 0 spiro atoms. The van der Waals surface area contributed by atoms with Crippen LogP contribution in [0.4, 0.5) is 11.6 Å². The highest BCUT2D eigenvalue weighted by molar-refractivity contribution is 6.33. The molecule has 38 heavy (non-hydrogen) atoms. The van der Waals surface area contributed by atoms with Crippen molar-refractivity contribution in [1.82, 2.24) is 25.2 Å². The second-order valence-electron chi connectivity index (χ2n) is 11.0. The number of aromatic nitrogens is 3. The van der Waals surface area contributed by atoms with Crippen molar-refractivity contribution >= 4 is 34.1 Å². The molecular formula is C30H35ClN6O. The number of fused-ring (bicyclic) bond motifs is 1. The molecule has 2 fully saturated rings. The first-order valence-corrected chi connectivity index (χ1v) is 13.8. The van der Waals surface area contributed by atoms with Crippen LogP contribution in [0, 0.1) is 6.92 Å². The van der Waals surface area contributed by atoms with Gasteiger partial charge >= 0.3 is 0 Å². The summed E-state index contributed by atoms with van der Waals surface area (Å²) in [6, 6.07) is 12.0. The van der Waals surface area contributed by atoms with Crippen LogP contribution in [0.25, 0.3) is 22.2 Å². The Kier molecular flexibility index (Phi) is 6.76. The number of aryl methyl sites for hydroxylation is 1. The van der Waals surface area contributed by atoms with Crippen molar-refractivity contribution < 1.29 is 4.74 Å². The van der Waals surface area contributed by atoms with Crippen LogP contribution < -0.4 is 15.4 Å². The van der Waals surface area contributed by atoms with Gasteiger partial charge in [0, 0.05) is 60.1 Å². The fourth-order valence-electron chi connectivity index (χ4n) is 5.78. The zero-order valence-corrected chi connectivity index (χ0v) is 23.2. The van der Waals surface area contributed by atoms with Crippen molar-refractivity contribution in [3.8, 4) is 17.0 Å². The van der Waals surface area contributed by atoms with Crippen LogP contribution in [-0.2, 0) is 6.54 Å². The average molecular weight is 531 g/mol. The number of H-pyrrole nitrogens is 1. The Morgan fingerprint density at radius 1 is 1.11 bits per heavy atom. The van der Waals surface area contributed by atoms with Crippen LogP contribution in [-0.4, -0.2) is 52.1 Å². The largest absolute Gasteiger partial charge is 0.496 e. The van der Waals surface area contributed by atoms with Gasteiger partial charge in [-0.3, -0.25) is 4.90 Å². The summed E-state index contributed by atoms with van der Waals surface area (Å²) < 4.78 is 5.56. The smallest absolute Gasteiger partial charge is 0.227 e. The molecule has 3 N–H and O–H groups in total. The highest BCUT2D eigenvalue weighted by Gasteiger charge is 2.26. The molecule has 0 bridgehead atoms. The third-order valence-electron chi connectivity index (χ3n) is 7.56. The van der Waals surface area contributed by atoms with Crippen LogP contribution in [0.3, 0.4) is 0 Å². The second kappa shape index (κ2) is 10.2. The summed E-state index contributed by atoms with van der Waals surface area (Å²) in [6.07, 6.45) is 6.14. The number of anilines is 2. The van der Waals surface area contributed by atoms with Crippen molar-refractivity contribution in [2.45, 2.75) is 58.2 Å². The number of hydrogen-bond acceptors (Lipinski definition) is 6. The number of hydrogen-bond donors (Lipinski definition) is 3. The van der Waals surface area contributed by atoms with Gasteiger partial charge in [0.05, 0.1) is 24.0 Å². The van der Waals surface area contributed by atoms with E-state index in [2.05, 4.69) is 63.6 Å². The predicted molar refractivity (Wildman–Crippen MR) is 155 cm³/mol. The number of piperazine rings is 1. The molecule has 1 aliphatic carbocycles. The minimum absolute atomic E-state index is 0.497. The van der Waals surface area contributed by atoms with E-state index in [1.165, 1.54) is 24.0 Å². The molecule has 1 saturated heterocycles. The summed E-state index contributed by atoms with van der Waals surface area (Å²) in [5.41, 5.74) is 7.43. The lowest BCUT2D eigenvalue weighted by molar-refractivity contribution is 0.166. The third-order valence-corrected chi connectivity index (χ3v) is 7.83. The van der Waals surface area contributed by atoms with E-state index in [-0.39, 0.29) is 0 Å². The standard InChI is InChI=1S/C30H35ClN6O/c1-17-7-27-24(11-28(17)38-4)25(12-32-27)29-26(31)13-33-30(36-29)35-23-9-20(8-22(10-23)21-5-6-21)16-37-14-18(2)34-19(3)15-37/h7-13,18-19,21,32,34H,5-6,14-16H2,1-4H3,(H,33,35,36)/t18-,19+. The van der Waals surface area contributed by atoms with Gasteiger partial charge in [-0.1, -0.05) is 17.7 Å². The third kappa shape index (κ3) is 5.23. The Bertz CT molecular complexity index is 1470. The van der Waals surface area contributed by atoms with Crippen LogP contribution in [0.5, 0.6) is 5.75 Å². The number of aromatic amines is 1. The number of benzene rings is 2. The molecule has 1 saturated carbocycles. The van der Waals surface area contributed by atoms with E-state index >= 15 is 0 Å². The molecule has 7 nitrogen and oxygen atoms in total. The van der Waals surface area contributed by atoms with Crippen molar-refractivity contribution in [1.29, 1.82) is 0 Å². The SMILES string of the molecule is COc1cc2c(-c3nc(Nc4cc(CN5C[C@@H](C)N[C@@H](C)C5)cc(C5CC5)c4)ncc3Cl)c[nH]c2cc1C. The Balaban J connectivity index is 1.30. The maximum Gasteiger partial charge on any atom is 0.227 e. The molecule has 8 heteroatoms. The topological polar surface area (TPSA) is 78.1 Å². The van der Waals surface area contributed by atoms with Gasteiger partial charge in [0.2, 0.25) is 5.95 Å². The lowest BCUT2D eigenvalue weighted by Crippen LogP contribution is -2.53. The molecule has 1 aliphatic heterocycles. The first-order chi connectivity index (χ1) is 18.4. The zero-order chi connectivity index (χ0) is 26.4. The summed E-state index contributed by atoms with van der Waals surface area (Å²) >= 11 is 6.62. The van der Waals surface area contributed by atoms with E-state index < -0.39 is 0 Å². The maximum absolute atomic E-state index is 6.62. The Morgan fingerprint density at radius 3 is 2.63 bits per heavy atom. The number of methoxy groups -OCH3 is 1. The number of nitrogens with zero attached hydrogens (tertiary/aromatic N) is 3. The van der Waals surface area contributed by atoms with Crippen LogP contribution in [0.1, 0.15) is 49.3 Å². The van der Waals surface area contributed by atoms with Gasteiger partial charge in [0.25, 0.3) is 0 Å². The van der Waals surface area contributed by atoms with E-state index in [4.69, 9.17) is 21.3 Å². The molecule has 2 aromatic carbocycles. The summed E-state index contributed by atoms with van der Waals surface area (Å²) in [6.45, 7) is 9.60. The van der Waals surface area contributed by atoms with Crippen molar-refractivity contribution in [3.63, 3.8) is 0 Å². The average Bonchev–Trinajstić information content (AvgIpc) is 3.65. The van der Waals surface area contributed by atoms with E-state index in [0.717, 1.165) is 53.1 Å². The molecule has 4 aromatic rings. The Morgan fingerprint density at radius 2 is 1.89 bits per heavy atom. The highest BCUT2D eigenvalue weighted by atomic mass is 35.5. The number of nitrogens with one attached hydrogen (secondary N) is 3. The number of rotatable bonds is 7. The maximum atomic E-state index is 6.62. The van der Waals surface area contributed by atoms with E-state index in [1.807, 2.05) is 19.2 Å². The van der Waals surface area contributed by atoms with Crippen molar-refractivity contribution in [2.24, 2.45) is 0 Å². The molecule has 3 heterocycles. The van der Waals surface area contributed by atoms with Gasteiger partial charge in [-0.25, -0.2) is 9.97 Å². The van der Waals surface area contributed by atoms with Crippen LogP contribution in [0.2, 0.25) is 5.02 Å². The molecule has 0 amide bonds. The first kappa shape index (κ1) is 25.2. The summed E-state index contributed by atoms with van der Waals surface area (Å²) in [5.74, 6) is 2.02. The van der Waals surface area contributed by atoms with Crippen molar-refractivity contribution in [3.05, 3.63) is 64.4 Å². The molecular weight excluding hydrogens is 496 g/mol. The lowest BCUT2D eigenvalue weighted by Gasteiger charge is -2.36. The first-order valence-electron chi connectivity index (χ1n) is 13.4. The molecule has 0 unspecified atom stereocenters. The fraction of sp³-hybridized carbons (Fsp3) is 0.400. The van der Waals surface area contributed by atoms with Gasteiger partial charge in [-0.15, -0.1) is 0 Å². The fourth-order valence-corrected chi connectivity index (χ4v) is 5.97. The summed E-state index contributed by atoms with van der Waals surface area (Å²) in [4.78, 5) is 15.3. The van der Waals surface area contributed by atoms with Gasteiger partial charge in [0.15, 0.2) is 0 Å². The molecule has 6 rings (SSSR count). The molecule has 2 aromatic heterocycles. The quantitative estimate of drug-likeness (QED) is 0.257. The van der Waals surface area contributed by atoms with Gasteiger partial charge < -0.3 is 20.4 Å². The zero-order valence-electron chi connectivity index (χ0n) is 22.4. The minimum atomic E-state index is 0.497. The van der Waals surface area contributed by atoms with Crippen molar-refractivity contribution in [2.75, 3.05) is 25.5 Å². The summed E-state index contributed by atoms with van der Waals surface area (Å²) in [7, 11) is 1.69. The number of halogens is 1. The summed E-state index contributed by atoms with van der Waals surface area (Å²) in [5, 5.41) is 8.63. The van der Waals surface area contributed by atoms with Gasteiger partial charge in [-0.2, -0.15) is 0 Å². The van der Waals surface area contributed by atoms with Crippen LogP contribution >= 0.6 is 11.6 Å². The second-order valence-corrected chi connectivity index (χ2v) is 11.4. The molecule has 2 atom stereocenters. The van der Waals surface area contributed by atoms with Gasteiger partial charge in [-0.05, 0) is 80.5 Å². The highest BCUT2D eigenvalue weighted by Crippen LogP contribution is 2.42.